The van der Waals surface area contributed by atoms with Gasteiger partial charge in [0.2, 0.25) is 0 Å². The average Bonchev–Trinajstić information content (AvgIpc) is 3.09. The first-order chi connectivity index (χ1) is 13.0. The SMILES string of the molecule is Cc1ccc(Cn2nccc2NC(=O)COc2ccc(C(C)C)cc2)cc1. The maximum atomic E-state index is 12.2. The lowest BCUT2D eigenvalue weighted by Gasteiger charge is -2.11. The lowest BCUT2D eigenvalue weighted by molar-refractivity contribution is -0.118. The number of anilines is 1. The molecule has 1 amide bonds. The predicted octanol–water partition coefficient (Wildman–Crippen LogP) is 4.38. The van der Waals surface area contributed by atoms with E-state index in [-0.39, 0.29) is 12.5 Å². The molecule has 27 heavy (non-hydrogen) atoms. The molecule has 5 nitrogen and oxygen atoms in total. The molecule has 3 rings (SSSR count). The zero-order valence-corrected chi connectivity index (χ0v) is 16.0. The third-order valence-electron chi connectivity index (χ3n) is 4.35. The second-order valence-corrected chi connectivity index (χ2v) is 6.92. The highest BCUT2D eigenvalue weighted by molar-refractivity contribution is 5.91. The van der Waals surface area contributed by atoms with Gasteiger partial charge in [-0.05, 0) is 36.1 Å². The van der Waals surface area contributed by atoms with Crippen molar-refractivity contribution in [3.8, 4) is 5.75 Å². The number of hydrogen-bond donors (Lipinski definition) is 1. The second kappa shape index (κ2) is 8.54. The van der Waals surface area contributed by atoms with Gasteiger partial charge in [0.15, 0.2) is 6.61 Å². The van der Waals surface area contributed by atoms with E-state index >= 15 is 0 Å². The molecule has 5 heteroatoms. The fraction of sp³-hybridized carbons (Fsp3) is 0.273. The summed E-state index contributed by atoms with van der Waals surface area (Å²) in [7, 11) is 0. The van der Waals surface area contributed by atoms with Crippen molar-refractivity contribution in [2.45, 2.75) is 33.2 Å². The number of rotatable bonds is 7. The fourth-order valence-electron chi connectivity index (χ4n) is 2.71. The summed E-state index contributed by atoms with van der Waals surface area (Å²) in [4.78, 5) is 12.2. The zero-order valence-electron chi connectivity index (χ0n) is 16.0. The van der Waals surface area contributed by atoms with Gasteiger partial charge < -0.3 is 10.1 Å². The molecule has 3 aromatic rings. The highest BCUT2D eigenvalue weighted by Crippen LogP contribution is 2.18. The van der Waals surface area contributed by atoms with Crippen LogP contribution in [0.4, 0.5) is 5.82 Å². The molecular formula is C22H25N3O2. The summed E-state index contributed by atoms with van der Waals surface area (Å²) >= 11 is 0. The number of amides is 1. The van der Waals surface area contributed by atoms with Crippen LogP contribution < -0.4 is 10.1 Å². The van der Waals surface area contributed by atoms with E-state index in [1.807, 2.05) is 24.3 Å². The molecule has 0 aliphatic heterocycles. The number of ether oxygens (including phenoxy) is 1. The number of nitrogens with zero attached hydrogens (tertiary/aromatic N) is 2. The summed E-state index contributed by atoms with van der Waals surface area (Å²) in [5, 5.41) is 7.15. The van der Waals surface area contributed by atoms with E-state index in [9.17, 15) is 4.79 Å². The Hall–Kier alpha value is -3.08. The van der Waals surface area contributed by atoms with Crippen LogP contribution in [0.2, 0.25) is 0 Å². The Morgan fingerprint density at radius 1 is 1.07 bits per heavy atom. The number of carbonyl (C=O) groups excluding carboxylic acids is 1. The molecule has 0 aliphatic rings. The average molecular weight is 363 g/mol. The first-order valence-electron chi connectivity index (χ1n) is 9.11. The lowest BCUT2D eigenvalue weighted by Crippen LogP contribution is -2.22. The van der Waals surface area contributed by atoms with Gasteiger partial charge in [-0.2, -0.15) is 5.10 Å². The van der Waals surface area contributed by atoms with Gasteiger partial charge in [-0.3, -0.25) is 4.79 Å². The topological polar surface area (TPSA) is 56.2 Å². The zero-order chi connectivity index (χ0) is 19.2. The molecule has 0 radical (unpaired) electrons. The molecule has 0 saturated heterocycles. The summed E-state index contributed by atoms with van der Waals surface area (Å²) < 4.78 is 7.34. The smallest absolute Gasteiger partial charge is 0.263 e. The summed E-state index contributed by atoms with van der Waals surface area (Å²) in [5.74, 6) is 1.59. The van der Waals surface area contributed by atoms with Gasteiger partial charge in [-0.15, -0.1) is 0 Å². The van der Waals surface area contributed by atoms with Crippen molar-refractivity contribution in [3.05, 3.63) is 77.5 Å². The van der Waals surface area contributed by atoms with Gasteiger partial charge in [-0.1, -0.05) is 55.8 Å². The number of nitrogens with one attached hydrogen (secondary N) is 1. The van der Waals surface area contributed by atoms with Gasteiger partial charge >= 0.3 is 0 Å². The molecule has 0 atom stereocenters. The molecule has 0 fully saturated rings. The quantitative estimate of drug-likeness (QED) is 0.678. The fourth-order valence-corrected chi connectivity index (χ4v) is 2.71. The van der Waals surface area contributed by atoms with Gasteiger partial charge in [0.1, 0.15) is 11.6 Å². The molecule has 1 aromatic heterocycles. The van der Waals surface area contributed by atoms with Crippen molar-refractivity contribution < 1.29 is 9.53 Å². The minimum atomic E-state index is -0.214. The van der Waals surface area contributed by atoms with Gasteiger partial charge in [0, 0.05) is 6.07 Å². The number of carbonyl (C=O) groups is 1. The van der Waals surface area contributed by atoms with Crippen LogP contribution in [0, 0.1) is 6.92 Å². The van der Waals surface area contributed by atoms with Crippen LogP contribution >= 0.6 is 0 Å². The summed E-state index contributed by atoms with van der Waals surface area (Å²) in [6.45, 7) is 6.89. The number of hydrogen-bond acceptors (Lipinski definition) is 3. The predicted molar refractivity (Wildman–Crippen MR) is 107 cm³/mol. The Morgan fingerprint density at radius 3 is 2.44 bits per heavy atom. The molecule has 0 saturated carbocycles. The molecule has 140 valence electrons. The second-order valence-electron chi connectivity index (χ2n) is 6.92. The van der Waals surface area contributed by atoms with Crippen molar-refractivity contribution >= 4 is 11.7 Å². The third-order valence-corrected chi connectivity index (χ3v) is 4.35. The van der Waals surface area contributed by atoms with Gasteiger partial charge in [-0.25, -0.2) is 4.68 Å². The lowest BCUT2D eigenvalue weighted by atomic mass is 10.0. The molecular weight excluding hydrogens is 338 g/mol. The molecule has 2 aromatic carbocycles. The van der Waals surface area contributed by atoms with Crippen LogP contribution in [0.3, 0.4) is 0 Å². The van der Waals surface area contributed by atoms with E-state index in [0.717, 1.165) is 5.56 Å². The van der Waals surface area contributed by atoms with Crippen molar-refractivity contribution in [2.24, 2.45) is 0 Å². The van der Waals surface area contributed by atoms with Gasteiger partial charge in [0.25, 0.3) is 5.91 Å². The van der Waals surface area contributed by atoms with Crippen molar-refractivity contribution in [1.82, 2.24) is 9.78 Å². The van der Waals surface area contributed by atoms with Gasteiger partial charge in [0.05, 0.1) is 12.7 Å². The van der Waals surface area contributed by atoms with Crippen molar-refractivity contribution in [1.29, 1.82) is 0 Å². The monoisotopic (exact) mass is 363 g/mol. The van der Waals surface area contributed by atoms with E-state index < -0.39 is 0 Å². The van der Waals surface area contributed by atoms with E-state index in [2.05, 4.69) is 55.5 Å². The van der Waals surface area contributed by atoms with E-state index in [0.29, 0.717) is 24.0 Å². The van der Waals surface area contributed by atoms with E-state index in [1.165, 1.54) is 11.1 Å². The first-order valence-corrected chi connectivity index (χ1v) is 9.11. The Bertz CT molecular complexity index is 881. The van der Waals surface area contributed by atoms with Crippen LogP contribution in [-0.4, -0.2) is 22.3 Å². The van der Waals surface area contributed by atoms with Crippen LogP contribution in [0.1, 0.15) is 36.5 Å². The Labute approximate surface area is 160 Å². The van der Waals surface area contributed by atoms with Crippen LogP contribution in [-0.2, 0) is 11.3 Å². The number of aryl methyl sites for hydroxylation is 1. The maximum Gasteiger partial charge on any atom is 0.263 e. The molecule has 0 bridgehead atoms. The normalized spacial score (nSPS) is 10.8. The van der Waals surface area contributed by atoms with Crippen LogP contribution in [0.5, 0.6) is 5.75 Å². The minimum absolute atomic E-state index is 0.0449. The third kappa shape index (κ3) is 5.20. The molecule has 1 N–H and O–H groups in total. The maximum absolute atomic E-state index is 12.2. The molecule has 0 aliphatic carbocycles. The Morgan fingerprint density at radius 2 is 1.78 bits per heavy atom. The van der Waals surface area contributed by atoms with Crippen LogP contribution in [0.25, 0.3) is 0 Å². The number of aromatic nitrogens is 2. The standard InChI is InChI=1S/C22H25N3O2/c1-16(2)19-8-10-20(11-9-19)27-15-22(26)24-21-12-13-23-25(21)14-18-6-4-17(3)5-7-18/h4-13,16H,14-15H2,1-3H3,(H,24,26). The summed E-state index contributed by atoms with van der Waals surface area (Å²) in [6.07, 6.45) is 1.68. The Balaban J connectivity index is 1.55. The Kier molecular flexibility index (Phi) is 5.91. The van der Waals surface area contributed by atoms with E-state index in [4.69, 9.17) is 4.74 Å². The molecule has 0 unspecified atom stereocenters. The summed E-state index contributed by atoms with van der Waals surface area (Å²) in [5.41, 5.74) is 3.58. The molecule has 0 spiro atoms. The van der Waals surface area contributed by atoms with Crippen molar-refractivity contribution in [2.75, 3.05) is 11.9 Å². The molecule has 1 heterocycles. The summed E-state index contributed by atoms with van der Waals surface area (Å²) in [6, 6.07) is 17.9. The highest BCUT2D eigenvalue weighted by atomic mass is 16.5. The van der Waals surface area contributed by atoms with Crippen molar-refractivity contribution in [3.63, 3.8) is 0 Å². The number of benzene rings is 2. The highest BCUT2D eigenvalue weighted by Gasteiger charge is 2.09. The van der Waals surface area contributed by atoms with E-state index in [1.54, 1.807) is 16.9 Å². The minimum Gasteiger partial charge on any atom is -0.484 e. The largest absolute Gasteiger partial charge is 0.484 e. The first kappa shape index (κ1) is 18.7. The van der Waals surface area contributed by atoms with Crippen LogP contribution in [0.15, 0.2) is 60.8 Å².